The zero-order valence-corrected chi connectivity index (χ0v) is 9.14. The summed E-state index contributed by atoms with van der Waals surface area (Å²) in [5, 5.41) is 4.22. The summed E-state index contributed by atoms with van der Waals surface area (Å²) in [6, 6.07) is 13.0. The number of benzene rings is 2. The molecule has 4 nitrogen and oxygen atoms in total. The molecule has 0 aliphatic carbocycles. The lowest BCUT2D eigenvalue weighted by molar-refractivity contribution is -0.118. The number of nitrogens with one attached hydrogen (secondary N) is 1. The van der Waals surface area contributed by atoms with Crippen molar-refractivity contribution >= 4 is 22.6 Å². The monoisotopic (exact) mass is 228 g/mol. The van der Waals surface area contributed by atoms with Gasteiger partial charge in [-0.2, -0.15) is 0 Å². The highest BCUT2D eigenvalue weighted by atomic mass is 16.2. The highest BCUT2D eigenvalue weighted by Crippen LogP contribution is 2.15. The van der Waals surface area contributed by atoms with E-state index in [2.05, 4.69) is 5.32 Å². The van der Waals surface area contributed by atoms with Crippen molar-refractivity contribution in [1.29, 1.82) is 0 Å². The van der Waals surface area contributed by atoms with Crippen molar-refractivity contribution in [1.82, 2.24) is 5.32 Å². The minimum absolute atomic E-state index is 0.195. The fourth-order valence-electron chi connectivity index (χ4n) is 1.58. The van der Waals surface area contributed by atoms with Gasteiger partial charge in [-0.05, 0) is 22.9 Å². The van der Waals surface area contributed by atoms with Gasteiger partial charge in [0.25, 0.3) is 5.91 Å². The maximum Gasteiger partial charge on any atom is 0.257 e. The van der Waals surface area contributed by atoms with Crippen LogP contribution >= 0.6 is 0 Å². The number of hydrogen-bond donors (Lipinski definition) is 2. The van der Waals surface area contributed by atoms with E-state index in [1.54, 1.807) is 12.1 Å². The second-order valence-electron chi connectivity index (χ2n) is 3.64. The summed E-state index contributed by atoms with van der Waals surface area (Å²) >= 11 is 0. The second kappa shape index (κ2) is 4.76. The van der Waals surface area contributed by atoms with Crippen molar-refractivity contribution in [3.63, 3.8) is 0 Å². The molecule has 0 unspecified atom stereocenters. The van der Waals surface area contributed by atoms with Crippen LogP contribution in [0.2, 0.25) is 0 Å². The molecule has 0 radical (unpaired) electrons. The quantitative estimate of drug-likeness (QED) is 0.807. The van der Waals surface area contributed by atoms with Crippen LogP contribution in [0.1, 0.15) is 10.4 Å². The van der Waals surface area contributed by atoms with Crippen LogP contribution in [0.3, 0.4) is 0 Å². The first-order chi connectivity index (χ1) is 8.20. The molecule has 0 saturated carbocycles. The Morgan fingerprint density at radius 3 is 2.47 bits per heavy atom. The first kappa shape index (κ1) is 11.3. The van der Waals surface area contributed by atoms with E-state index in [0.717, 1.165) is 10.8 Å². The summed E-state index contributed by atoms with van der Waals surface area (Å²) in [6.07, 6.45) is 0. The topological polar surface area (TPSA) is 72.2 Å². The van der Waals surface area contributed by atoms with Gasteiger partial charge in [-0.15, -0.1) is 0 Å². The van der Waals surface area contributed by atoms with Gasteiger partial charge in [0, 0.05) is 5.56 Å². The minimum Gasteiger partial charge on any atom is -0.322 e. The van der Waals surface area contributed by atoms with Crippen LogP contribution in [0.15, 0.2) is 42.5 Å². The summed E-state index contributed by atoms with van der Waals surface area (Å²) in [5.41, 5.74) is 5.57. The number of fused-ring (bicyclic) bond motifs is 1. The molecule has 2 rings (SSSR count). The summed E-state index contributed by atoms with van der Waals surface area (Å²) in [7, 11) is 0. The molecule has 0 aliphatic heterocycles. The summed E-state index contributed by atoms with van der Waals surface area (Å²) in [5.74, 6) is -0.908. The van der Waals surface area contributed by atoms with E-state index in [-0.39, 0.29) is 6.54 Å². The normalized spacial score (nSPS) is 10.2. The van der Waals surface area contributed by atoms with Gasteiger partial charge in [0.1, 0.15) is 0 Å². The minimum atomic E-state index is -0.483. The predicted octanol–water partition coefficient (Wildman–Crippen LogP) is 1.05. The van der Waals surface area contributed by atoms with Gasteiger partial charge in [-0.3, -0.25) is 14.9 Å². The molecule has 2 amide bonds. The Hall–Kier alpha value is -2.20. The van der Waals surface area contributed by atoms with Gasteiger partial charge >= 0.3 is 0 Å². The first-order valence-electron chi connectivity index (χ1n) is 5.24. The van der Waals surface area contributed by atoms with Gasteiger partial charge in [-0.1, -0.05) is 30.3 Å². The molecule has 0 aliphatic rings. The third-order valence-electron chi connectivity index (χ3n) is 2.45. The van der Waals surface area contributed by atoms with Gasteiger partial charge in [0.2, 0.25) is 5.91 Å². The van der Waals surface area contributed by atoms with Crippen LogP contribution < -0.4 is 11.1 Å². The van der Waals surface area contributed by atoms with Gasteiger partial charge in [-0.25, -0.2) is 0 Å². The van der Waals surface area contributed by atoms with Gasteiger partial charge in [0.05, 0.1) is 6.54 Å². The van der Waals surface area contributed by atoms with Gasteiger partial charge in [0.15, 0.2) is 0 Å². The maximum absolute atomic E-state index is 11.7. The van der Waals surface area contributed by atoms with Crippen molar-refractivity contribution in [2.45, 2.75) is 0 Å². The van der Waals surface area contributed by atoms with Crippen LogP contribution in [0, 0.1) is 0 Å². The zero-order valence-electron chi connectivity index (χ0n) is 9.14. The Bertz CT molecular complexity index is 578. The van der Waals surface area contributed by atoms with E-state index in [4.69, 9.17) is 5.73 Å². The standard InChI is InChI=1S/C13H12N2O2/c14-8-12(16)15-13(17)11-6-5-9-3-1-2-4-10(9)7-11/h1-7H,8,14H2,(H,15,16,17). The lowest BCUT2D eigenvalue weighted by Gasteiger charge is -2.04. The molecule has 0 fully saturated rings. The van der Waals surface area contributed by atoms with E-state index in [1.165, 1.54) is 0 Å². The Balaban J connectivity index is 2.30. The highest BCUT2D eigenvalue weighted by Gasteiger charge is 2.08. The summed E-state index contributed by atoms with van der Waals surface area (Å²) < 4.78 is 0. The van der Waals surface area contributed by atoms with Crippen molar-refractivity contribution in [2.75, 3.05) is 6.54 Å². The molecule has 2 aromatic rings. The van der Waals surface area contributed by atoms with Crippen LogP contribution in [-0.4, -0.2) is 18.4 Å². The average Bonchev–Trinajstić information content (AvgIpc) is 2.38. The lowest BCUT2D eigenvalue weighted by atomic mass is 10.1. The molecule has 4 heteroatoms. The maximum atomic E-state index is 11.7. The molecule has 0 aromatic heterocycles. The SMILES string of the molecule is NCC(=O)NC(=O)c1ccc2ccccc2c1. The van der Waals surface area contributed by atoms with Gasteiger partial charge < -0.3 is 5.73 Å². The van der Waals surface area contributed by atoms with Crippen LogP contribution in [0.4, 0.5) is 0 Å². The highest BCUT2D eigenvalue weighted by molar-refractivity contribution is 6.06. The molecule has 0 spiro atoms. The molecular weight excluding hydrogens is 216 g/mol. The molecule has 0 bridgehead atoms. The molecule has 3 N–H and O–H groups in total. The first-order valence-corrected chi connectivity index (χ1v) is 5.24. The number of rotatable bonds is 2. The van der Waals surface area contributed by atoms with E-state index in [9.17, 15) is 9.59 Å². The zero-order chi connectivity index (χ0) is 12.3. The van der Waals surface area contributed by atoms with Crippen molar-refractivity contribution in [3.05, 3.63) is 48.0 Å². The fraction of sp³-hybridized carbons (Fsp3) is 0.0769. The third-order valence-corrected chi connectivity index (χ3v) is 2.45. The molecule has 0 saturated heterocycles. The second-order valence-corrected chi connectivity index (χ2v) is 3.64. The Labute approximate surface area is 98.4 Å². The average molecular weight is 228 g/mol. The number of imide groups is 1. The Morgan fingerprint density at radius 2 is 1.76 bits per heavy atom. The molecular formula is C13H12N2O2. The largest absolute Gasteiger partial charge is 0.322 e. The predicted molar refractivity (Wildman–Crippen MR) is 65.5 cm³/mol. The number of amides is 2. The fourth-order valence-corrected chi connectivity index (χ4v) is 1.58. The molecule has 2 aromatic carbocycles. The molecule has 0 atom stereocenters. The number of carbonyl (C=O) groups is 2. The summed E-state index contributed by atoms with van der Waals surface area (Å²) in [4.78, 5) is 22.7. The van der Waals surface area contributed by atoms with E-state index in [0.29, 0.717) is 5.56 Å². The lowest BCUT2D eigenvalue weighted by Crippen LogP contribution is -2.35. The van der Waals surface area contributed by atoms with Crippen LogP contribution in [0.5, 0.6) is 0 Å². The molecule has 86 valence electrons. The van der Waals surface area contributed by atoms with Crippen LogP contribution in [0.25, 0.3) is 10.8 Å². The van der Waals surface area contributed by atoms with E-state index >= 15 is 0 Å². The molecule has 17 heavy (non-hydrogen) atoms. The smallest absolute Gasteiger partial charge is 0.257 e. The number of hydrogen-bond acceptors (Lipinski definition) is 3. The number of nitrogens with two attached hydrogens (primary N) is 1. The van der Waals surface area contributed by atoms with Crippen molar-refractivity contribution in [2.24, 2.45) is 5.73 Å². The van der Waals surface area contributed by atoms with Crippen molar-refractivity contribution in [3.8, 4) is 0 Å². The molecule has 0 heterocycles. The Morgan fingerprint density at radius 1 is 1.06 bits per heavy atom. The van der Waals surface area contributed by atoms with Crippen LogP contribution in [-0.2, 0) is 4.79 Å². The number of carbonyl (C=O) groups excluding carboxylic acids is 2. The van der Waals surface area contributed by atoms with E-state index in [1.807, 2.05) is 30.3 Å². The van der Waals surface area contributed by atoms with Crippen molar-refractivity contribution < 1.29 is 9.59 Å². The summed E-state index contributed by atoms with van der Waals surface area (Å²) in [6.45, 7) is -0.195. The third kappa shape index (κ3) is 2.49. The van der Waals surface area contributed by atoms with E-state index < -0.39 is 11.8 Å². The Kier molecular flexibility index (Phi) is 3.16.